The fourth-order valence-electron chi connectivity index (χ4n) is 2.81. The Labute approximate surface area is 107 Å². The van der Waals surface area contributed by atoms with E-state index in [1.807, 2.05) is 0 Å². The molecule has 1 saturated heterocycles. The largest absolute Gasteiger partial charge is 0.393 e. The molecule has 0 saturated carbocycles. The molecule has 102 valence electrons. The Kier molecular flexibility index (Phi) is 7.87. The van der Waals surface area contributed by atoms with Crippen LogP contribution >= 0.6 is 0 Å². The lowest BCUT2D eigenvalue weighted by atomic mass is 9.94. The van der Waals surface area contributed by atoms with Crippen molar-refractivity contribution in [2.75, 3.05) is 0 Å². The van der Waals surface area contributed by atoms with E-state index in [9.17, 15) is 5.11 Å². The molecule has 1 aliphatic rings. The number of rotatable bonds is 8. The third kappa shape index (κ3) is 7.05. The molecule has 0 aliphatic carbocycles. The van der Waals surface area contributed by atoms with Crippen molar-refractivity contribution in [1.29, 1.82) is 0 Å². The summed E-state index contributed by atoms with van der Waals surface area (Å²) in [4.78, 5) is 0. The van der Waals surface area contributed by atoms with Gasteiger partial charge in [0, 0.05) is 12.1 Å². The highest BCUT2D eigenvalue weighted by atomic mass is 16.3. The van der Waals surface area contributed by atoms with E-state index in [0.29, 0.717) is 12.1 Å². The molecule has 0 aromatic rings. The van der Waals surface area contributed by atoms with Gasteiger partial charge in [0.05, 0.1) is 6.10 Å². The van der Waals surface area contributed by atoms with Crippen LogP contribution in [0.1, 0.15) is 78.1 Å². The fourth-order valence-corrected chi connectivity index (χ4v) is 2.81. The molecule has 0 aromatic carbocycles. The first-order valence-corrected chi connectivity index (χ1v) is 7.66. The summed E-state index contributed by atoms with van der Waals surface area (Å²) in [6.07, 6.45) is 12.1. The van der Waals surface area contributed by atoms with Crippen LogP contribution in [0.5, 0.6) is 0 Å². The molecule has 1 fully saturated rings. The molecule has 0 bridgehead atoms. The first-order valence-electron chi connectivity index (χ1n) is 7.66. The Bertz CT molecular complexity index is 184. The van der Waals surface area contributed by atoms with Gasteiger partial charge < -0.3 is 10.4 Å². The summed E-state index contributed by atoms with van der Waals surface area (Å²) >= 11 is 0. The summed E-state index contributed by atoms with van der Waals surface area (Å²) in [5.41, 5.74) is 0. The summed E-state index contributed by atoms with van der Waals surface area (Å²) < 4.78 is 0. The van der Waals surface area contributed by atoms with Gasteiger partial charge >= 0.3 is 0 Å². The zero-order valence-corrected chi connectivity index (χ0v) is 11.8. The molecule has 0 spiro atoms. The average Bonchev–Trinajstić information content (AvgIpc) is 2.32. The van der Waals surface area contributed by atoms with Crippen molar-refractivity contribution in [3.05, 3.63) is 0 Å². The lowest BCUT2D eigenvalue weighted by molar-refractivity contribution is 0.140. The zero-order valence-electron chi connectivity index (χ0n) is 11.8. The summed E-state index contributed by atoms with van der Waals surface area (Å²) in [5, 5.41) is 13.6. The van der Waals surface area contributed by atoms with Gasteiger partial charge in [-0.05, 0) is 39.0 Å². The molecule has 0 aromatic heterocycles. The first kappa shape index (κ1) is 15.0. The number of aliphatic hydroxyl groups excluding tert-OH is 1. The molecule has 0 radical (unpaired) electrons. The standard InChI is InChI=1S/C15H31NO/c1-3-4-5-6-10-15(17)12-11-14-9-7-8-13(2)16-14/h13-17H,3-12H2,1-2H3/t13-,14+,15-/m0/s1. The predicted octanol–water partition coefficient (Wildman–Crippen LogP) is 3.63. The van der Waals surface area contributed by atoms with Gasteiger partial charge in [-0.2, -0.15) is 0 Å². The van der Waals surface area contributed by atoms with Crippen LogP contribution in [-0.2, 0) is 0 Å². The van der Waals surface area contributed by atoms with Crippen molar-refractivity contribution < 1.29 is 5.11 Å². The smallest absolute Gasteiger partial charge is 0.0540 e. The molecule has 1 rings (SSSR count). The van der Waals surface area contributed by atoms with Crippen molar-refractivity contribution in [3.8, 4) is 0 Å². The quantitative estimate of drug-likeness (QED) is 0.636. The van der Waals surface area contributed by atoms with E-state index in [4.69, 9.17) is 0 Å². The maximum atomic E-state index is 9.92. The fraction of sp³-hybridized carbons (Fsp3) is 1.00. The third-order valence-corrected chi connectivity index (χ3v) is 3.95. The maximum absolute atomic E-state index is 9.92. The molecule has 2 nitrogen and oxygen atoms in total. The van der Waals surface area contributed by atoms with Crippen LogP contribution in [0.15, 0.2) is 0 Å². The molecule has 3 atom stereocenters. The normalized spacial score (nSPS) is 27.0. The van der Waals surface area contributed by atoms with Crippen LogP contribution in [-0.4, -0.2) is 23.3 Å². The van der Waals surface area contributed by atoms with Crippen molar-refractivity contribution in [2.24, 2.45) is 0 Å². The first-order chi connectivity index (χ1) is 8.22. The minimum Gasteiger partial charge on any atom is -0.393 e. The van der Waals surface area contributed by atoms with Gasteiger partial charge in [0.1, 0.15) is 0 Å². The Morgan fingerprint density at radius 1 is 1.18 bits per heavy atom. The van der Waals surface area contributed by atoms with Crippen molar-refractivity contribution in [3.63, 3.8) is 0 Å². The predicted molar refractivity (Wildman–Crippen MR) is 74.2 cm³/mol. The molecule has 2 N–H and O–H groups in total. The molecule has 17 heavy (non-hydrogen) atoms. The van der Waals surface area contributed by atoms with Gasteiger partial charge in [-0.3, -0.25) is 0 Å². The Morgan fingerprint density at radius 2 is 2.00 bits per heavy atom. The van der Waals surface area contributed by atoms with Gasteiger partial charge in [-0.1, -0.05) is 39.0 Å². The molecular formula is C15H31NO. The summed E-state index contributed by atoms with van der Waals surface area (Å²) in [5.74, 6) is 0. The molecular weight excluding hydrogens is 210 g/mol. The summed E-state index contributed by atoms with van der Waals surface area (Å²) in [7, 11) is 0. The molecule has 2 heteroatoms. The monoisotopic (exact) mass is 241 g/mol. The molecule has 1 aliphatic heterocycles. The summed E-state index contributed by atoms with van der Waals surface area (Å²) in [6.45, 7) is 4.50. The second kappa shape index (κ2) is 8.93. The second-order valence-electron chi connectivity index (χ2n) is 5.78. The van der Waals surface area contributed by atoms with Crippen molar-refractivity contribution in [2.45, 2.75) is 96.2 Å². The van der Waals surface area contributed by atoms with E-state index in [0.717, 1.165) is 19.3 Å². The van der Waals surface area contributed by atoms with Crippen LogP contribution in [0.2, 0.25) is 0 Å². The highest BCUT2D eigenvalue weighted by molar-refractivity contribution is 4.78. The third-order valence-electron chi connectivity index (χ3n) is 3.95. The number of hydrogen-bond acceptors (Lipinski definition) is 2. The Hall–Kier alpha value is -0.0800. The van der Waals surface area contributed by atoms with Crippen LogP contribution in [0.4, 0.5) is 0 Å². The van der Waals surface area contributed by atoms with E-state index in [1.54, 1.807) is 0 Å². The van der Waals surface area contributed by atoms with Crippen molar-refractivity contribution >= 4 is 0 Å². The van der Waals surface area contributed by atoms with Gasteiger partial charge in [-0.25, -0.2) is 0 Å². The van der Waals surface area contributed by atoms with Crippen LogP contribution in [0.3, 0.4) is 0 Å². The van der Waals surface area contributed by atoms with E-state index in [-0.39, 0.29) is 6.10 Å². The number of unbranched alkanes of at least 4 members (excludes halogenated alkanes) is 3. The lowest BCUT2D eigenvalue weighted by Crippen LogP contribution is -2.40. The topological polar surface area (TPSA) is 32.3 Å². The van der Waals surface area contributed by atoms with Crippen LogP contribution in [0, 0.1) is 0 Å². The number of hydrogen-bond donors (Lipinski definition) is 2. The van der Waals surface area contributed by atoms with E-state index < -0.39 is 0 Å². The molecule has 0 unspecified atom stereocenters. The minimum atomic E-state index is -0.0640. The van der Waals surface area contributed by atoms with Crippen LogP contribution < -0.4 is 5.32 Å². The SMILES string of the molecule is CCCCCC[C@H](O)CC[C@H]1CCC[C@H](C)N1. The van der Waals surface area contributed by atoms with Gasteiger partial charge in [0.25, 0.3) is 0 Å². The van der Waals surface area contributed by atoms with E-state index in [1.165, 1.54) is 44.9 Å². The van der Waals surface area contributed by atoms with Crippen molar-refractivity contribution in [1.82, 2.24) is 5.32 Å². The van der Waals surface area contributed by atoms with E-state index in [2.05, 4.69) is 19.2 Å². The number of aliphatic hydroxyl groups is 1. The highest BCUT2D eigenvalue weighted by Gasteiger charge is 2.18. The van der Waals surface area contributed by atoms with Gasteiger partial charge in [0.2, 0.25) is 0 Å². The lowest BCUT2D eigenvalue weighted by Gasteiger charge is -2.29. The van der Waals surface area contributed by atoms with Crippen LogP contribution in [0.25, 0.3) is 0 Å². The Balaban J connectivity index is 2.00. The highest BCUT2D eigenvalue weighted by Crippen LogP contribution is 2.18. The van der Waals surface area contributed by atoms with Gasteiger partial charge in [-0.15, -0.1) is 0 Å². The number of piperidine rings is 1. The number of nitrogens with one attached hydrogen (secondary N) is 1. The Morgan fingerprint density at radius 3 is 2.71 bits per heavy atom. The summed E-state index contributed by atoms with van der Waals surface area (Å²) in [6, 6.07) is 1.33. The average molecular weight is 241 g/mol. The van der Waals surface area contributed by atoms with E-state index >= 15 is 0 Å². The second-order valence-corrected chi connectivity index (χ2v) is 5.78. The zero-order chi connectivity index (χ0) is 12.5. The maximum Gasteiger partial charge on any atom is 0.0540 e. The van der Waals surface area contributed by atoms with Gasteiger partial charge in [0.15, 0.2) is 0 Å². The minimum absolute atomic E-state index is 0.0640. The molecule has 1 heterocycles. The molecule has 0 amide bonds.